The molecule has 0 spiro atoms. The fourth-order valence-corrected chi connectivity index (χ4v) is 12.5. The minimum Gasteiger partial charge on any atom is -0.466 e. The summed E-state index contributed by atoms with van der Waals surface area (Å²) < 4.78 is 5.49. The molecule has 0 saturated carbocycles. The van der Waals surface area contributed by atoms with Crippen LogP contribution in [0.1, 0.15) is 444 Å². The molecule has 3 N–H and O–H groups in total. The zero-order valence-electron chi connectivity index (χ0n) is 57.9. The van der Waals surface area contributed by atoms with Gasteiger partial charge in [0.2, 0.25) is 5.91 Å². The van der Waals surface area contributed by atoms with Gasteiger partial charge in [-0.3, -0.25) is 9.59 Å². The van der Waals surface area contributed by atoms with E-state index in [2.05, 4.69) is 31.3 Å². The summed E-state index contributed by atoms with van der Waals surface area (Å²) in [6.07, 6.45) is 95.8. The summed E-state index contributed by atoms with van der Waals surface area (Å²) in [5.41, 5.74) is 0. The van der Waals surface area contributed by atoms with Crippen LogP contribution in [-0.4, -0.2) is 47.4 Å². The number of aliphatic hydroxyl groups is 2. The van der Waals surface area contributed by atoms with Gasteiger partial charge in [-0.1, -0.05) is 398 Å². The van der Waals surface area contributed by atoms with E-state index < -0.39 is 12.1 Å². The van der Waals surface area contributed by atoms with Gasteiger partial charge in [0.1, 0.15) is 0 Å². The number of unbranched alkanes of at least 4 members (excludes halogenated alkanes) is 61. The number of amides is 1. The number of ether oxygens (including phenoxy) is 1. The lowest BCUT2D eigenvalue weighted by Gasteiger charge is -2.20. The van der Waals surface area contributed by atoms with Gasteiger partial charge in [0.15, 0.2) is 0 Å². The third-order valence-corrected chi connectivity index (χ3v) is 18.5. The van der Waals surface area contributed by atoms with Crippen molar-refractivity contribution in [3.63, 3.8) is 0 Å². The Balaban J connectivity index is 3.38. The standard InChI is InChI=1S/C79H153NO5/c1-3-5-7-9-11-13-15-17-18-19-20-21-32-35-38-41-44-48-51-55-59-63-67-71-77(82)76(75-81)80-78(83)72-68-64-60-56-52-49-45-42-39-36-33-30-28-26-24-22-23-25-27-29-31-34-37-40-43-46-50-54-58-62-66-70-74-85-79(84)73-69-65-61-57-53-47-16-14-12-10-8-6-4-2/h25,27,67,71,76-77,81-82H,3-24,26,28-66,68-70,72-75H2,1-2H3,(H,80,83)/b27-25-,71-67+. The average Bonchev–Trinajstić information content (AvgIpc) is 3.53. The molecule has 0 aliphatic heterocycles. The van der Waals surface area contributed by atoms with Crippen LogP contribution in [0.3, 0.4) is 0 Å². The lowest BCUT2D eigenvalue weighted by Crippen LogP contribution is -2.45. The maximum atomic E-state index is 12.5. The monoisotopic (exact) mass is 1200 g/mol. The molecule has 0 aromatic rings. The van der Waals surface area contributed by atoms with E-state index in [9.17, 15) is 19.8 Å². The van der Waals surface area contributed by atoms with E-state index >= 15 is 0 Å². The number of carbonyl (C=O) groups is 2. The number of hydrogen-bond acceptors (Lipinski definition) is 5. The van der Waals surface area contributed by atoms with Gasteiger partial charge in [-0.25, -0.2) is 0 Å². The van der Waals surface area contributed by atoms with Crippen LogP contribution in [0.4, 0.5) is 0 Å². The van der Waals surface area contributed by atoms with E-state index in [1.165, 1.54) is 379 Å². The molecule has 504 valence electrons. The van der Waals surface area contributed by atoms with Crippen molar-refractivity contribution in [1.29, 1.82) is 0 Å². The van der Waals surface area contributed by atoms with Crippen molar-refractivity contribution in [2.45, 2.75) is 456 Å². The summed E-state index contributed by atoms with van der Waals surface area (Å²) in [6, 6.07) is -0.627. The molecule has 0 aromatic carbocycles. The van der Waals surface area contributed by atoms with Crippen LogP contribution < -0.4 is 5.32 Å². The molecular weight excluding hydrogens is 1040 g/mol. The molecule has 0 heterocycles. The van der Waals surface area contributed by atoms with Crippen molar-refractivity contribution >= 4 is 11.9 Å². The highest BCUT2D eigenvalue weighted by molar-refractivity contribution is 5.76. The fraction of sp³-hybridized carbons (Fsp3) is 0.924. The van der Waals surface area contributed by atoms with Gasteiger partial charge in [-0.05, 0) is 57.8 Å². The molecule has 0 aliphatic rings. The Bertz CT molecular complexity index is 1330. The minimum atomic E-state index is -0.844. The summed E-state index contributed by atoms with van der Waals surface area (Å²) in [4.78, 5) is 24.6. The first-order valence-electron chi connectivity index (χ1n) is 39.1. The molecule has 0 aromatic heterocycles. The number of carbonyl (C=O) groups excluding carboxylic acids is 2. The van der Waals surface area contributed by atoms with Crippen LogP contribution in [0, 0.1) is 0 Å². The first-order chi connectivity index (χ1) is 42.0. The van der Waals surface area contributed by atoms with Gasteiger partial charge in [-0.2, -0.15) is 0 Å². The minimum absolute atomic E-state index is 0.0204. The van der Waals surface area contributed by atoms with Crippen LogP contribution in [0.25, 0.3) is 0 Å². The largest absolute Gasteiger partial charge is 0.466 e. The number of nitrogens with one attached hydrogen (secondary N) is 1. The maximum absolute atomic E-state index is 12.5. The SMILES string of the molecule is CCCCCCCCCCCCCCCCCCCCCCC/C=C/C(O)C(CO)NC(=O)CCCCCCCCCCCCCCCCCC/C=C\CCCCCCCCCCCCCCOC(=O)CCCCCCCCCCCCCCC. The van der Waals surface area contributed by atoms with Crippen LogP contribution in [0.15, 0.2) is 24.3 Å². The van der Waals surface area contributed by atoms with E-state index in [-0.39, 0.29) is 18.5 Å². The molecule has 0 bridgehead atoms. The van der Waals surface area contributed by atoms with E-state index in [1.54, 1.807) is 6.08 Å². The Morgan fingerprint density at radius 2 is 0.553 bits per heavy atom. The Morgan fingerprint density at radius 1 is 0.318 bits per heavy atom. The smallest absolute Gasteiger partial charge is 0.305 e. The van der Waals surface area contributed by atoms with E-state index in [0.717, 1.165) is 38.5 Å². The van der Waals surface area contributed by atoms with Crippen LogP contribution in [0.5, 0.6) is 0 Å². The molecule has 2 unspecified atom stereocenters. The van der Waals surface area contributed by atoms with Crippen molar-refractivity contribution in [2.75, 3.05) is 13.2 Å². The summed E-state index contributed by atoms with van der Waals surface area (Å²) in [5, 5.41) is 23.3. The molecule has 0 fully saturated rings. The molecule has 2 atom stereocenters. The number of aliphatic hydroxyl groups excluding tert-OH is 2. The second-order valence-electron chi connectivity index (χ2n) is 27.0. The van der Waals surface area contributed by atoms with E-state index in [0.29, 0.717) is 19.4 Å². The first-order valence-corrected chi connectivity index (χ1v) is 39.1. The molecule has 85 heavy (non-hydrogen) atoms. The molecule has 6 heteroatoms. The summed E-state index contributed by atoms with van der Waals surface area (Å²) in [7, 11) is 0. The van der Waals surface area contributed by atoms with E-state index in [1.807, 2.05) is 6.08 Å². The Morgan fingerprint density at radius 3 is 0.835 bits per heavy atom. The third-order valence-electron chi connectivity index (χ3n) is 18.5. The van der Waals surface area contributed by atoms with Gasteiger partial charge < -0.3 is 20.3 Å². The molecule has 0 radical (unpaired) electrons. The van der Waals surface area contributed by atoms with Crippen LogP contribution >= 0.6 is 0 Å². The van der Waals surface area contributed by atoms with Crippen molar-refractivity contribution in [3.8, 4) is 0 Å². The highest BCUT2D eigenvalue weighted by Crippen LogP contribution is 2.20. The second kappa shape index (κ2) is 74.8. The molecule has 0 aliphatic carbocycles. The number of allylic oxidation sites excluding steroid dienone is 3. The van der Waals surface area contributed by atoms with Gasteiger partial charge in [0.05, 0.1) is 25.4 Å². The third kappa shape index (κ3) is 71.3. The molecule has 0 saturated heterocycles. The lowest BCUT2D eigenvalue weighted by molar-refractivity contribution is -0.143. The highest BCUT2D eigenvalue weighted by atomic mass is 16.5. The predicted molar refractivity (Wildman–Crippen MR) is 375 cm³/mol. The first kappa shape index (κ1) is 83.3. The van der Waals surface area contributed by atoms with Gasteiger partial charge >= 0.3 is 5.97 Å². The topological polar surface area (TPSA) is 95.9 Å². The second-order valence-corrected chi connectivity index (χ2v) is 27.0. The Hall–Kier alpha value is -1.66. The van der Waals surface area contributed by atoms with Crippen molar-refractivity contribution in [1.82, 2.24) is 5.32 Å². The van der Waals surface area contributed by atoms with Gasteiger partial charge in [-0.15, -0.1) is 0 Å². The fourth-order valence-electron chi connectivity index (χ4n) is 12.5. The Kier molecular flexibility index (Phi) is 73.3. The quantitative estimate of drug-likeness (QED) is 0.0320. The number of hydrogen-bond donors (Lipinski definition) is 3. The highest BCUT2D eigenvalue weighted by Gasteiger charge is 2.18. The van der Waals surface area contributed by atoms with Crippen LogP contribution in [-0.2, 0) is 14.3 Å². The number of rotatable bonds is 74. The van der Waals surface area contributed by atoms with Crippen LogP contribution in [0.2, 0.25) is 0 Å². The van der Waals surface area contributed by atoms with Crippen molar-refractivity contribution in [2.24, 2.45) is 0 Å². The summed E-state index contributed by atoms with van der Waals surface area (Å²) in [6.45, 7) is 4.96. The molecular formula is C79H153NO5. The Labute approximate surface area is 532 Å². The molecule has 6 nitrogen and oxygen atoms in total. The maximum Gasteiger partial charge on any atom is 0.305 e. The number of esters is 1. The summed E-state index contributed by atoms with van der Waals surface area (Å²) >= 11 is 0. The zero-order valence-corrected chi connectivity index (χ0v) is 57.9. The van der Waals surface area contributed by atoms with Crippen molar-refractivity contribution in [3.05, 3.63) is 24.3 Å². The zero-order chi connectivity index (χ0) is 61.3. The van der Waals surface area contributed by atoms with Gasteiger partial charge in [0.25, 0.3) is 0 Å². The normalized spacial score (nSPS) is 12.6. The average molecular weight is 1200 g/mol. The lowest BCUT2D eigenvalue weighted by atomic mass is 10.0. The van der Waals surface area contributed by atoms with Gasteiger partial charge in [0, 0.05) is 12.8 Å². The predicted octanol–water partition coefficient (Wildman–Crippen LogP) is 25.7. The summed E-state index contributed by atoms with van der Waals surface area (Å²) in [5.74, 6) is -0.0398. The molecule has 1 amide bonds. The van der Waals surface area contributed by atoms with Crippen molar-refractivity contribution < 1.29 is 24.5 Å². The molecule has 0 rings (SSSR count). The van der Waals surface area contributed by atoms with E-state index in [4.69, 9.17) is 4.74 Å².